The highest BCUT2D eigenvalue weighted by Gasteiger charge is 2.27. The first-order chi connectivity index (χ1) is 7.78. The highest BCUT2D eigenvalue weighted by atomic mass is 16.6. The van der Waals surface area contributed by atoms with E-state index in [1.165, 1.54) is 0 Å². The van der Waals surface area contributed by atoms with E-state index in [2.05, 4.69) is 10.6 Å². The fourth-order valence-electron chi connectivity index (χ4n) is 1.56. The maximum atomic E-state index is 11.6. The fraction of sp³-hybridized carbons (Fsp3) is 0.818. The number of aliphatic hydroxyl groups excluding tert-OH is 1. The van der Waals surface area contributed by atoms with Gasteiger partial charge in [0.25, 0.3) is 0 Å². The molecule has 0 aliphatic carbocycles. The quantitative estimate of drug-likeness (QED) is 0.611. The first-order valence-corrected chi connectivity index (χ1v) is 5.73. The zero-order valence-electron chi connectivity index (χ0n) is 10.4. The molecule has 2 amide bonds. The van der Waals surface area contributed by atoms with Crippen LogP contribution < -0.4 is 10.6 Å². The Hall–Kier alpha value is -1.14. The highest BCUT2D eigenvalue weighted by Crippen LogP contribution is 2.09. The Kier molecular flexibility index (Phi) is 4.47. The number of hydrogen-bond acceptors (Lipinski definition) is 5. The van der Waals surface area contributed by atoms with Gasteiger partial charge in [-0.2, -0.15) is 0 Å². The number of piperidine rings is 1. The van der Waals surface area contributed by atoms with Crippen LogP contribution >= 0.6 is 0 Å². The van der Waals surface area contributed by atoms with Crippen molar-refractivity contribution in [2.45, 2.75) is 51.4 Å². The van der Waals surface area contributed by atoms with Gasteiger partial charge in [0, 0.05) is 6.54 Å². The van der Waals surface area contributed by atoms with Gasteiger partial charge >= 0.3 is 6.09 Å². The van der Waals surface area contributed by atoms with Gasteiger partial charge in [-0.3, -0.25) is 10.1 Å². The number of rotatable bonds is 1. The molecule has 1 rings (SSSR count). The van der Waals surface area contributed by atoms with Gasteiger partial charge in [0.1, 0.15) is 5.60 Å². The molecule has 0 bridgehead atoms. The highest BCUT2D eigenvalue weighted by molar-refractivity contribution is 5.95. The van der Waals surface area contributed by atoms with E-state index in [-0.39, 0.29) is 0 Å². The van der Waals surface area contributed by atoms with Crippen LogP contribution in [0.25, 0.3) is 0 Å². The summed E-state index contributed by atoms with van der Waals surface area (Å²) < 4.78 is 4.97. The second-order valence-corrected chi connectivity index (χ2v) is 5.18. The predicted molar refractivity (Wildman–Crippen MR) is 61.4 cm³/mol. The van der Waals surface area contributed by atoms with Crippen LogP contribution in [0.15, 0.2) is 0 Å². The molecule has 0 aromatic rings. The van der Waals surface area contributed by atoms with Gasteiger partial charge in [-0.1, -0.05) is 0 Å². The summed E-state index contributed by atoms with van der Waals surface area (Å²) in [5.41, 5.74) is -0.624. The lowest BCUT2D eigenvalue weighted by atomic mass is 10.0. The van der Waals surface area contributed by atoms with Crippen LogP contribution in [0.3, 0.4) is 0 Å². The third kappa shape index (κ3) is 5.14. The monoisotopic (exact) mass is 244 g/mol. The van der Waals surface area contributed by atoms with E-state index in [9.17, 15) is 14.7 Å². The van der Waals surface area contributed by atoms with E-state index in [1.807, 2.05) is 0 Å². The minimum absolute atomic E-state index is 0.367. The van der Waals surface area contributed by atoms with Gasteiger partial charge in [-0.25, -0.2) is 4.79 Å². The maximum Gasteiger partial charge on any atom is 0.414 e. The standard InChI is InChI=1S/C11H20N2O4/c1-11(2,3)17-10(16)13-9(15)8-5-4-7(14)6-12-8/h7-8,12,14H,4-6H2,1-3H3,(H,13,15,16)/t7-,8-/m0/s1. The van der Waals surface area contributed by atoms with Gasteiger partial charge in [-0.05, 0) is 33.6 Å². The van der Waals surface area contributed by atoms with E-state index >= 15 is 0 Å². The maximum absolute atomic E-state index is 11.6. The smallest absolute Gasteiger partial charge is 0.414 e. The van der Waals surface area contributed by atoms with Crippen molar-refractivity contribution in [2.24, 2.45) is 0 Å². The molecule has 17 heavy (non-hydrogen) atoms. The molecule has 0 unspecified atom stereocenters. The Morgan fingerprint density at radius 2 is 2.00 bits per heavy atom. The average Bonchev–Trinajstić information content (AvgIpc) is 2.15. The number of hydrogen-bond donors (Lipinski definition) is 3. The summed E-state index contributed by atoms with van der Waals surface area (Å²) >= 11 is 0. The molecule has 2 atom stereocenters. The van der Waals surface area contributed by atoms with E-state index < -0.39 is 29.7 Å². The predicted octanol–water partition coefficient (Wildman–Crippen LogP) is 0.151. The average molecular weight is 244 g/mol. The van der Waals surface area contributed by atoms with E-state index in [0.29, 0.717) is 19.4 Å². The summed E-state index contributed by atoms with van der Waals surface area (Å²) in [6.07, 6.45) is -0.0918. The van der Waals surface area contributed by atoms with Gasteiger partial charge in [0.2, 0.25) is 5.91 Å². The number of aliphatic hydroxyl groups is 1. The van der Waals surface area contributed by atoms with Crippen molar-refractivity contribution in [3.8, 4) is 0 Å². The number of ether oxygens (including phenoxy) is 1. The number of nitrogens with one attached hydrogen (secondary N) is 2. The second kappa shape index (κ2) is 5.46. The van der Waals surface area contributed by atoms with Crippen molar-refractivity contribution >= 4 is 12.0 Å². The van der Waals surface area contributed by atoms with Crippen LogP contribution in [0.2, 0.25) is 0 Å². The number of imide groups is 1. The Balaban J connectivity index is 2.36. The minimum Gasteiger partial charge on any atom is -0.444 e. The second-order valence-electron chi connectivity index (χ2n) is 5.18. The van der Waals surface area contributed by atoms with Crippen molar-refractivity contribution in [1.29, 1.82) is 0 Å². The molecule has 0 radical (unpaired) electrons. The summed E-state index contributed by atoms with van der Waals surface area (Å²) in [6.45, 7) is 5.55. The number of amides is 2. The van der Waals surface area contributed by atoms with Crippen LogP contribution in [0.5, 0.6) is 0 Å². The lowest BCUT2D eigenvalue weighted by Gasteiger charge is -2.26. The van der Waals surface area contributed by atoms with Gasteiger partial charge in [0.15, 0.2) is 0 Å². The van der Waals surface area contributed by atoms with Crippen molar-refractivity contribution in [1.82, 2.24) is 10.6 Å². The fourth-order valence-corrected chi connectivity index (χ4v) is 1.56. The molecular weight excluding hydrogens is 224 g/mol. The van der Waals surface area contributed by atoms with Crippen LogP contribution in [0.1, 0.15) is 33.6 Å². The van der Waals surface area contributed by atoms with Crippen LogP contribution in [0, 0.1) is 0 Å². The minimum atomic E-state index is -0.740. The van der Waals surface area contributed by atoms with Crippen LogP contribution in [-0.4, -0.2) is 41.4 Å². The number of β-amino-alcohol motifs (C(OH)–C–C–N with tert-alkyl or cyclic N) is 1. The normalized spacial score (nSPS) is 25.2. The molecule has 1 heterocycles. The van der Waals surface area contributed by atoms with Gasteiger partial charge in [-0.15, -0.1) is 0 Å². The lowest BCUT2D eigenvalue weighted by molar-refractivity contribution is -0.123. The molecule has 0 aromatic carbocycles. The number of alkyl carbamates (subject to hydrolysis) is 1. The summed E-state index contributed by atoms with van der Waals surface area (Å²) in [5.74, 6) is -0.411. The summed E-state index contributed by atoms with van der Waals surface area (Å²) in [7, 11) is 0. The molecule has 0 spiro atoms. The molecule has 1 aliphatic rings. The Morgan fingerprint density at radius 1 is 1.35 bits per heavy atom. The zero-order chi connectivity index (χ0) is 13.1. The molecule has 0 saturated carbocycles. The van der Waals surface area contributed by atoms with Gasteiger partial charge < -0.3 is 15.2 Å². The summed E-state index contributed by atoms with van der Waals surface area (Å²) in [6, 6.07) is -0.439. The largest absolute Gasteiger partial charge is 0.444 e. The first kappa shape index (κ1) is 13.9. The molecule has 3 N–H and O–H groups in total. The molecule has 98 valence electrons. The Bertz CT molecular complexity index is 290. The Morgan fingerprint density at radius 3 is 2.47 bits per heavy atom. The van der Waals surface area contributed by atoms with Gasteiger partial charge in [0.05, 0.1) is 12.1 Å². The molecule has 1 aliphatic heterocycles. The molecular formula is C11H20N2O4. The summed E-state index contributed by atoms with van der Waals surface area (Å²) in [4.78, 5) is 23.0. The molecule has 1 saturated heterocycles. The first-order valence-electron chi connectivity index (χ1n) is 5.73. The van der Waals surface area contributed by atoms with Crippen LogP contribution in [0.4, 0.5) is 4.79 Å². The van der Waals surface area contributed by atoms with Crippen molar-refractivity contribution in [3.63, 3.8) is 0 Å². The molecule has 6 heteroatoms. The van der Waals surface area contributed by atoms with Crippen molar-refractivity contribution in [3.05, 3.63) is 0 Å². The number of carbonyl (C=O) groups is 2. The van der Waals surface area contributed by atoms with E-state index in [1.54, 1.807) is 20.8 Å². The van der Waals surface area contributed by atoms with Crippen LogP contribution in [-0.2, 0) is 9.53 Å². The SMILES string of the molecule is CC(C)(C)OC(=O)NC(=O)[C@@H]1CC[C@H](O)CN1. The third-order valence-corrected chi connectivity index (χ3v) is 2.33. The lowest BCUT2D eigenvalue weighted by Crippen LogP contribution is -2.52. The van der Waals surface area contributed by atoms with Crippen molar-refractivity contribution in [2.75, 3.05) is 6.54 Å². The molecule has 1 fully saturated rings. The molecule has 6 nitrogen and oxygen atoms in total. The van der Waals surface area contributed by atoms with E-state index in [0.717, 1.165) is 0 Å². The summed E-state index contributed by atoms with van der Waals surface area (Å²) in [5, 5.41) is 14.3. The van der Waals surface area contributed by atoms with Crippen molar-refractivity contribution < 1.29 is 19.4 Å². The number of carbonyl (C=O) groups excluding carboxylic acids is 2. The van der Waals surface area contributed by atoms with E-state index in [4.69, 9.17) is 4.74 Å². The topological polar surface area (TPSA) is 87.7 Å². The third-order valence-electron chi connectivity index (χ3n) is 2.33. The molecule has 0 aromatic heterocycles. The Labute approximate surface area is 101 Å². The zero-order valence-corrected chi connectivity index (χ0v) is 10.4.